The van der Waals surface area contributed by atoms with E-state index in [2.05, 4.69) is 31.2 Å². The summed E-state index contributed by atoms with van der Waals surface area (Å²) in [5, 5.41) is 0. The lowest BCUT2D eigenvalue weighted by Gasteiger charge is -2.14. The van der Waals surface area contributed by atoms with Crippen LogP contribution in [0.15, 0.2) is 48.5 Å². The van der Waals surface area contributed by atoms with E-state index in [1.165, 1.54) is 37.7 Å². The molecule has 2 aromatic carbocycles. The largest absolute Gasteiger partial charge is 0.462 e. The van der Waals surface area contributed by atoms with Crippen molar-refractivity contribution in [1.29, 1.82) is 0 Å². The molecule has 0 bridgehead atoms. The van der Waals surface area contributed by atoms with Crippen molar-refractivity contribution in [2.24, 2.45) is 0 Å². The van der Waals surface area contributed by atoms with Crippen molar-refractivity contribution in [2.45, 2.75) is 78.2 Å². The normalized spacial score (nSPS) is 11.7. The fourth-order valence-corrected chi connectivity index (χ4v) is 3.37. The zero-order chi connectivity index (χ0) is 22.5. The van der Waals surface area contributed by atoms with Gasteiger partial charge in [-0.05, 0) is 55.0 Å². The average Bonchev–Trinajstić information content (AvgIpc) is 2.78. The van der Waals surface area contributed by atoms with Crippen molar-refractivity contribution in [3.63, 3.8) is 0 Å². The maximum Gasteiger partial charge on any atom is 0.338 e. The Labute approximate surface area is 187 Å². The molecule has 2 rings (SSSR count). The Morgan fingerprint density at radius 1 is 0.806 bits per heavy atom. The second-order valence-corrected chi connectivity index (χ2v) is 8.09. The van der Waals surface area contributed by atoms with Crippen LogP contribution in [0.4, 0.5) is 0 Å². The molecule has 0 aliphatic heterocycles. The molecule has 0 aliphatic carbocycles. The summed E-state index contributed by atoms with van der Waals surface area (Å²) in [6, 6.07) is 16.1. The summed E-state index contributed by atoms with van der Waals surface area (Å²) in [7, 11) is 0. The lowest BCUT2D eigenvalue weighted by Crippen LogP contribution is -2.22. The van der Waals surface area contributed by atoms with Crippen LogP contribution in [-0.2, 0) is 20.7 Å². The van der Waals surface area contributed by atoms with Crippen molar-refractivity contribution < 1.29 is 19.1 Å². The van der Waals surface area contributed by atoms with Gasteiger partial charge in [0.05, 0.1) is 5.56 Å². The van der Waals surface area contributed by atoms with E-state index in [9.17, 15) is 9.59 Å². The van der Waals surface area contributed by atoms with Crippen LogP contribution in [0.25, 0.3) is 11.1 Å². The van der Waals surface area contributed by atoms with Crippen LogP contribution in [0.2, 0.25) is 0 Å². The first kappa shape index (κ1) is 24.6. The molecule has 168 valence electrons. The van der Waals surface area contributed by atoms with Crippen molar-refractivity contribution in [2.75, 3.05) is 6.61 Å². The number of carbonyl (C=O) groups is 2. The number of hydrogen-bond acceptors (Lipinski definition) is 4. The van der Waals surface area contributed by atoms with Gasteiger partial charge in [0.15, 0.2) is 0 Å². The van der Waals surface area contributed by atoms with Gasteiger partial charge in [0.25, 0.3) is 0 Å². The highest BCUT2D eigenvalue weighted by Gasteiger charge is 2.14. The molecule has 0 heterocycles. The predicted molar refractivity (Wildman–Crippen MR) is 125 cm³/mol. The van der Waals surface area contributed by atoms with Gasteiger partial charge >= 0.3 is 11.9 Å². The third kappa shape index (κ3) is 8.95. The maximum atomic E-state index is 12.3. The van der Waals surface area contributed by atoms with Crippen LogP contribution in [-0.4, -0.2) is 24.6 Å². The summed E-state index contributed by atoms with van der Waals surface area (Å²) in [6.07, 6.45) is 8.23. The molecule has 4 heteroatoms. The third-order valence-corrected chi connectivity index (χ3v) is 5.22. The molecule has 0 aromatic heterocycles. The molecule has 0 radical (unpaired) electrons. The lowest BCUT2D eigenvalue weighted by atomic mass is 10.00. The highest BCUT2D eigenvalue weighted by molar-refractivity contribution is 5.90. The summed E-state index contributed by atoms with van der Waals surface area (Å²) in [4.78, 5) is 23.7. The van der Waals surface area contributed by atoms with E-state index in [1.807, 2.05) is 19.1 Å². The van der Waals surface area contributed by atoms with Gasteiger partial charge in [-0.1, -0.05) is 75.9 Å². The third-order valence-electron chi connectivity index (χ3n) is 5.22. The van der Waals surface area contributed by atoms with E-state index in [-0.39, 0.29) is 12.6 Å². The van der Waals surface area contributed by atoms with E-state index in [0.717, 1.165) is 24.0 Å². The molecule has 0 saturated heterocycles. The summed E-state index contributed by atoms with van der Waals surface area (Å²) in [5.74, 6) is -0.679. The van der Waals surface area contributed by atoms with Gasteiger partial charge in [-0.2, -0.15) is 0 Å². The number of aryl methyl sites for hydroxylation is 1. The van der Waals surface area contributed by atoms with Gasteiger partial charge in [-0.15, -0.1) is 0 Å². The number of unbranched alkanes of at least 4 members (excludes halogenated alkanes) is 4. The van der Waals surface area contributed by atoms with Crippen LogP contribution >= 0.6 is 0 Å². The summed E-state index contributed by atoms with van der Waals surface area (Å²) in [5.41, 5.74) is 4.05. The first-order valence-corrected chi connectivity index (χ1v) is 11.6. The molecule has 1 unspecified atom stereocenters. The molecule has 0 saturated carbocycles. The van der Waals surface area contributed by atoms with Gasteiger partial charge < -0.3 is 9.47 Å². The molecular weight excluding hydrogens is 388 g/mol. The van der Waals surface area contributed by atoms with E-state index in [4.69, 9.17) is 9.47 Å². The summed E-state index contributed by atoms with van der Waals surface area (Å²) in [6.45, 7) is 5.95. The van der Waals surface area contributed by atoms with Crippen molar-refractivity contribution in [3.8, 4) is 11.1 Å². The molecule has 0 aliphatic rings. The van der Waals surface area contributed by atoms with Crippen molar-refractivity contribution in [3.05, 3.63) is 59.7 Å². The number of hydrogen-bond donors (Lipinski definition) is 0. The molecular formula is C27H36O4. The van der Waals surface area contributed by atoms with Gasteiger partial charge in [-0.3, -0.25) is 4.79 Å². The van der Waals surface area contributed by atoms with Crippen LogP contribution in [0.5, 0.6) is 0 Å². The quantitative estimate of drug-likeness (QED) is 0.263. The second kappa shape index (κ2) is 13.6. The van der Waals surface area contributed by atoms with Gasteiger partial charge in [-0.25, -0.2) is 4.79 Å². The van der Waals surface area contributed by atoms with Crippen LogP contribution in [0.1, 0.15) is 81.6 Å². The Balaban J connectivity index is 1.83. The Kier molecular flexibility index (Phi) is 10.8. The topological polar surface area (TPSA) is 52.6 Å². The van der Waals surface area contributed by atoms with Crippen molar-refractivity contribution >= 4 is 11.9 Å². The fraction of sp³-hybridized carbons (Fsp3) is 0.481. The summed E-state index contributed by atoms with van der Waals surface area (Å²) < 4.78 is 10.5. The molecule has 4 nitrogen and oxygen atoms in total. The van der Waals surface area contributed by atoms with Gasteiger partial charge in [0.2, 0.25) is 0 Å². The van der Waals surface area contributed by atoms with Crippen LogP contribution in [0, 0.1) is 0 Å². The Hall–Kier alpha value is -2.62. The lowest BCUT2D eigenvalue weighted by molar-refractivity contribution is -0.146. The minimum Gasteiger partial charge on any atom is -0.462 e. The highest BCUT2D eigenvalue weighted by Crippen LogP contribution is 2.21. The summed E-state index contributed by atoms with van der Waals surface area (Å²) >= 11 is 0. The zero-order valence-corrected chi connectivity index (χ0v) is 19.2. The first-order valence-electron chi connectivity index (χ1n) is 11.6. The molecule has 2 aromatic rings. The molecule has 1 atom stereocenters. The SMILES string of the molecule is CCCCCCCc1ccc(-c2ccc(C(=O)OC(C)COC(=O)CCC)cc2)cc1. The number of esters is 2. The first-order chi connectivity index (χ1) is 15.0. The smallest absolute Gasteiger partial charge is 0.338 e. The standard InChI is InChI=1S/C27H36O4/c1-4-6-7-8-9-11-22-12-14-23(15-13-22)24-16-18-25(19-17-24)27(29)31-21(3)20-30-26(28)10-5-2/h12-19,21H,4-11,20H2,1-3H3. The van der Waals surface area contributed by atoms with Crippen LogP contribution in [0.3, 0.4) is 0 Å². The zero-order valence-electron chi connectivity index (χ0n) is 19.2. The van der Waals surface area contributed by atoms with E-state index in [0.29, 0.717) is 12.0 Å². The molecule has 0 spiro atoms. The van der Waals surface area contributed by atoms with E-state index >= 15 is 0 Å². The second-order valence-electron chi connectivity index (χ2n) is 8.09. The minimum absolute atomic E-state index is 0.0770. The van der Waals surface area contributed by atoms with Gasteiger partial charge in [0, 0.05) is 6.42 Å². The van der Waals surface area contributed by atoms with Crippen molar-refractivity contribution in [1.82, 2.24) is 0 Å². The van der Waals surface area contributed by atoms with Gasteiger partial charge in [0.1, 0.15) is 12.7 Å². The average molecular weight is 425 g/mol. The Bertz CT molecular complexity index is 793. The predicted octanol–water partition coefficient (Wildman–Crippen LogP) is 6.76. The number of carbonyl (C=O) groups excluding carboxylic acids is 2. The fourth-order valence-electron chi connectivity index (χ4n) is 3.37. The molecule has 0 N–H and O–H groups in total. The number of rotatable bonds is 13. The van der Waals surface area contributed by atoms with Crippen LogP contribution < -0.4 is 0 Å². The molecule has 0 amide bonds. The number of ether oxygens (including phenoxy) is 2. The number of benzene rings is 2. The molecule has 31 heavy (non-hydrogen) atoms. The Morgan fingerprint density at radius 2 is 1.42 bits per heavy atom. The maximum absolute atomic E-state index is 12.3. The highest BCUT2D eigenvalue weighted by atomic mass is 16.6. The van der Waals surface area contributed by atoms with E-state index in [1.54, 1.807) is 19.1 Å². The Morgan fingerprint density at radius 3 is 2.03 bits per heavy atom. The van der Waals surface area contributed by atoms with E-state index < -0.39 is 12.1 Å². The molecule has 0 fully saturated rings. The minimum atomic E-state index is -0.484. The monoisotopic (exact) mass is 424 g/mol.